The molecule has 0 aliphatic carbocycles. The molecule has 0 spiro atoms. The number of nitrogens with zero attached hydrogens (tertiary/aromatic N) is 2. The van der Waals surface area contributed by atoms with Gasteiger partial charge in [0.25, 0.3) is 22.3 Å². The second-order valence-electron chi connectivity index (χ2n) is 8.05. The number of aromatic amines is 1. The summed E-state index contributed by atoms with van der Waals surface area (Å²) in [6.45, 7) is 1.06. The van der Waals surface area contributed by atoms with Gasteiger partial charge in [0.15, 0.2) is 17.5 Å². The summed E-state index contributed by atoms with van der Waals surface area (Å²) in [6.07, 6.45) is 0.666. The second-order valence-corrected chi connectivity index (χ2v) is 8.05. The zero-order valence-electron chi connectivity index (χ0n) is 17.6. The average molecular weight is 465 g/mol. The molecule has 0 saturated carbocycles. The van der Waals surface area contributed by atoms with Crippen LogP contribution < -0.4 is 32.4 Å². The minimum absolute atomic E-state index is 0.0173. The van der Waals surface area contributed by atoms with Crippen molar-refractivity contribution in [3.05, 3.63) is 95.3 Å². The van der Waals surface area contributed by atoms with Crippen LogP contribution in [-0.4, -0.2) is 22.4 Å². The molecule has 0 unspecified atom stereocenters. The Morgan fingerprint density at radius 1 is 1.12 bits per heavy atom. The van der Waals surface area contributed by atoms with Gasteiger partial charge in [0.1, 0.15) is 16.8 Å². The van der Waals surface area contributed by atoms with Crippen LogP contribution in [0.1, 0.15) is 27.3 Å². The Bertz CT molecular complexity index is 1620. The zero-order chi connectivity index (χ0) is 24.1. The molecule has 172 valence electrons. The monoisotopic (exact) mass is 465 g/mol. The summed E-state index contributed by atoms with van der Waals surface area (Å²) in [5.74, 6) is -3.54. The lowest BCUT2D eigenvalue weighted by atomic mass is 9.96. The largest absolute Gasteiger partial charge is 0.394 e. The maximum atomic E-state index is 13.9. The van der Waals surface area contributed by atoms with Gasteiger partial charge in [-0.3, -0.25) is 19.2 Å². The van der Waals surface area contributed by atoms with E-state index in [1.54, 1.807) is 4.90 Å². The number of halogens is 2. The van der Waals surface area contributed by atoms with Gasteiger partial charge < -0.3 is 20.9 Å². The third kappa shape index (κ3) is 3.41. The standard InChI is InChI=1S/C23H17F2N5O4/c24-13-3-4-14-15(16(13)25)22(33)29-21(28-14)23(34)27-8-10-1-2-11-5-6-30(9-12(11)7-10)18-17(26)19(31)20(18)32/h1-4,7H,5-6,8-9,26H2,(H,27,34)(H,28,29,33). The Labute approximate surface area is 189 Å². The molecule has 5 rings (SSSR count). The van der Waals surface area contributed by atoms with Crippen molar-refractivity contribution in [2.45, 2.75) is 19.5 Å². The predicted octanol–water partition coefficient (Wildman–Crippen LogP) is 0.872. The van der Waals surface area contributed by atoms with Crippen LogP contribution >= 0.6 is 0 Å². The molecule has 3 aromatic carbocycles. The molecule has 0 bridgehead atoms. The number of rotatable bonds is 4. The number of carbonyl (C=O) groups excluding carboxylic acids is 1. The summed E-state index contributed by atoms with van der Waals surface area (Å²) in [5, 5.41) is 2.08. The van der Waals surface area contributed by atoms with E-state index in [9.17, 15) is 28.0 Å². The van der Waals surface area contributed by atoms with Gasteiger partial charge in [-0.2, -0.15) is 0 Å². The van der Waals surface area contributed by atoms with Crippen molar-refractivity contribution in [1.29, 1.82) is 0 Å². The quantitative estimate of drug-likeness (QED) is 0.380. The Balaban J connectivity index is 1.33. The summed E-state index contributed by atoms with van der Waals surface area (Å²) in [7, 11) is 0. The number of fused-ring (bicyclic) bond motifs is 2. The van der Waals surface area contributed by atoms with Gasteiger partial charge in [-0.05, 0) is 35.2 Å². The van der Waals surface area contributed by atoms with E-state index in [4.69, 9.17) is 5.73 Å². The summed E-state index contributed by atoms with van der Waals surface area (Å²) in [4.78, 5) is 55.9. The summed E-state index contributed by atoms with van der Waals surface area (Å²) >= 11 is 0. The highest BCUT2D eigenvalue weighted by molar-refractivity contribution is 5.92. The first-order valence-electron chi connectivity index (χ1n) is 10.3. The number of aromatic nitrogens is 2. The minimum atomic E-state index is -1.33. The smallest absolute Gasteiger partial charge is 0.287 e. The molecule has 1 aliphatic heterocycles. The molecule has 0 saturated heterocycles. The van der Waals surface area contributed by atoms with E-state index in [1.165, 1.54) is 0 Å². The maximum Gasteiger partial charge on any atom is 0.287 e. The fourth-order valence-electron chi connectivity index (χ4n) is 4.16. The van der Waals surface area contributed by atoms with E-state index in [2.05, 4.69) is 15.3 Å². The molecular weight excluding hydrogens is 448 g/mol. The third-order valence-electron chi connectivity index (χ3n) is 5.95. The average Bonchev–Trinajstić information content (AvgIpc) is 2.84. The van der Waals surface area contributed by atoms with Gasteiger partial charge in [0.2, 0.25) is 0 Å². The van der Waals surface area contributed by atoms with Gasteiger partial charge in [0, 0.05) is 19.6 Å². The first-order chi connectivity index (χ1) is 16.2. The SMILES string of the molecule is Nc1c(N2CCc3ccc(CNC(=O)c4nc5ccc(F)c(F)c5c(=O)[nH]4)cc3C2)c(=O)c1=O. The molecule has 1 aromatic heterocycles. The van der Waals surface area contributed by atoms with Crippen molar-refractivity contribution in [3.63, 3.8) is 0 Å². The van der Waals surface area contributed by atoms with Gasteiger partial charge in [0.05, 0.1) is 5.52 Å². The Kier molecular flexibility index (Phi) is 4.96. The molecule has 34 heavy (non-hydrogen) atoms. The molecule has 0 atom stereocenters. The van der Waals surface area contributed by atoms with E-state index in [0.29, 0.717) is 19.5 Å². The summed E-state index contributed by atoms with van der Waals surface area (Å²) < 4.78 is 27.3. The highest BCUT2D eigenvalue weighted by Crippen LogP contribution is 2.26. The molecule has 4 N–H and O–H groups in total. The number of amides is 1. The highest BCUT2D eigenvalue weighted by atomic mass is 19.2. The molecule has 0 radical (unpaired) electrons. The summed E-state index contributed by atoms with van der Waals surface area (Å²) in [6, 6.07) is 7.59. The van der Waals surface area contributed by atoms with Crippen molar-refractivity contribution in [1.82, 2.24) is 15.3 Å². The molecule has 9 nitrogen and oxygen atoms in total. The van der Waals surface area contributed by atoms with Crippen LogP contribution in [0.3, 0.4) is 0 Å². The predicted molar refractivity (Wildman–Crippen MR) is 120 cm³/mol. The lowest BCUT2D eigenvalue weighted by Crippen LogP contribution is -2.44. The lowest BCUT2D eigenvalue weighted by molar-refractivity contribution is 0.0940. The second kappa shape index (κ2) is 7.87. The van der Waals surface area contributed by atoms with Crippen molar-refractivity contribution in [2.75, 3.05) is 17.2 Å². The van der Waals surface area contributed by atoms with Crippen LogP contribution in [0.2, 0.25) is 0 Å². The van der Waals surface area contributed by atoms with Crippen LogP contribution in [0.5, 0.6) is 0 Å². The number of nitrogen functional groups attached to an aromatic ring is 1. The number of carbonyl (C=O) groups is 1. The molecule has 11 heteroatoms. The third-order valence-corrected chi connectivity index (χ3v) is 5.95. The molecule has 4 aromatic rings. The number of hydrogen-bond acceptors (Lipinski definition) is 7. The van der Waals surface area contributed by atoms with Crippen molar-refractivity contribution in [3.8, 4) is 0 Å². The lowest BCUT2D eigenvalue weighted by Gasteiger charge is -2.32. The number of anilines is 2. The van der Waals surface area contributed by atoms with Crippen molar-refractivity contribution < 1.29 is 13.6 Å². The fraction of sp³-hybridized carbons (Fsp3) is 0.174. The Morgan fingerprint density at radius 2 is 1.91 bits per heavy atom. The number of nitrogens with two attached hydrogens (primary N) is 1. The van der Waals surface area contributed by atoms with E-state index in [1.807, 2.05) is 18.2 Å². The number of benzene rings is 2. The number of H-pyrrole nitrogens is 1. The van der Waals surface area contributed by atoms with Gasteiger partial charge >= 0.3 is 0 Å². The molecule has 0 fully saturated rings. The topological polar surface area (TPSA) is 138 Å². The fourth-order valence-corrected chi connectivity index (χ4v) is 4.16. The molecule has 1 aliphatic rings. The maximum absolute atomic E-state index is 13.9. The number of nitrogens with one attached hydrogen (secondary N) is 2. The van der Waals surface area contributed by atoms with Gasteiger partial charge in [-0.1, -0.05) is 18.2 Å². The van der Waals surface area contributed by atoms with Crippen LogP contribution in [0, 0.1) is 11.6 Å². The van der Waals surface area contributed by atoms with Crippen molar-refractivity contribution >= 4 is 28.2 Å². The summed E-state index contributed by atoms with van der Waals surface area (Å²) in [5.41, 5.74) is 6.34. The zero-order valence-corrected chi connectivity index (χ0v) is 17.6. The molecule has 1 amide bonds. The highest BCUT2D eigenvalue weighted by Gasteiger charge is 2.27. The molecule has 2 heterocycles. The minimum Gasteiger partial charge on any atom is -0.394 e. The molecular formula is C23H17F2N5O4. The van der Waals surface area contributed by atoms with E-state index in [0.717, 1.165) is 28.8 Å². The number of hydrogen-bond donors (Lipinski definition) is 3. The van der Waals surface area contributed by atoms with Gasteiger partial charge in [-0.25, -0.2) is 13.8 Å². The van der Waals surface area contributed by atoms with Crippen LogP contribution in [-0.2, 0) is 19.5 Å². The Morgan fingerprint density at radius 3 is 2.68 bits per heavy atom. The first-order valence-corrected chi connectivity index (χ1v) is 10.3. The first kappa shape index (κ1) is 21.4. The van der Waals surface area contributed by atoms with Crippen LogP contribution in [0.4, 0.5) is 20.2 Å². The van der Waals surface area contributed by atoms with E-state index in [-0.39, 0.29) is 29.3 Å². The van der Waals surface area contributed by atoms with E-state index >= 15 is 0 Å². The normalized spacial score (nSPS) is 13.3. The van der Waals surface area contributed by atoms with Crippen molar-refractivity contribution in [2.24, 2.45) is 0 Å². The van der Waals surface area contributed by atoms with Gasteiger partial charge in [-0.15, -0.1) is 0 Å². The Hall–Kier alpha value is -4.41. The van der Waals surface area contributed by atoms with E-state index < -0.39 is 39.3 Å². The van der Waals surface area contributed by atoms with Crippen LogP contribution in [0.25, 0.3) is 10.9 Å². The van der Waals surface area contributed by atoms with Crippen LogP contribution in [0.15, 0.2) is 44.7 Å².